The molecular weight excluding hydrogens is 336 g/mol. The molecule has 0 aliphatic carbocycles. The van der Waals surface area contributed by atoms with E-state index in [0.717, 1.165) is 0 Å². The van der Waals surface area contributed by atoms with E-state index in [1.165, 1.54) is 31.3 Å². The Morgan fingerprint density at radius 2 is 1.71 bits per heavy atom. The maximum atomic E-state index is 12.5. The fourth-order valence-electron chi connectivity index (χ4n) is 3.39. The van der Waals surface area contributed by atoms with E-state index in [0.29, 0.717) is 18.5 Å². The second-order valence-corrected chi connectivity index (χ2v) is 7.79. The number of carbonyl (C=O) groups is 2. The molecule has 0 unspecified atom stereocenters. The number of carboxylic acids is 1. The molecule has 9 heteroatoms. The number of carbonyl (C=O) groups excluding carboxylic acids is 1. The molecule has 1 aromatic carbocycles. The second-order valence-electron chi connectivity index (χ2n) is 5.90. The molecule has 8 nitrogen and oxygen atoms in total. The number of hydrogen-bond acceptors (Lipinski definition) is 5. The third kappa shape index (κ3) is 2.90. The summed E-state index contributed by atoms with van der Waals surface area (Å²) < 4.78 is 31.1. The SMILES string of the molecule is CNS(=O)(=O)c1ccc(NC(=O)[C@H]2[C@@H](C(=O)O)[C@H]3CC[C@H]2O3)cc1. The topological polar surface area (TPSA) is 122 Å². The maximum absolute atomic E-state index is 12.5. The van der Waals surface area contributed by atoms with Crippen molar-refractivity contribution >= 4 is 27.6 Å². The van der Waals surface area contributed by atoms with Crippen LogP contribution in [-0.4, -0.2) is 44.7 Å². The Morgan fingerprint density at radius 3 is 2.25 bits per heavy atom. The van der Waals surface area contributed by atoms with E-state index in [9.17, 15) is 23.1 Å². The van der Waals surface area contributed by atoms with Crippen LogP contribution < -0.4 is 10.0 Å². The van der Waals surface area contributed by atoms with E-state index in [-0.39, 0.29) is 11.0 Å². The molecule has 1 amide bonds. The van der Waals surface area contributed by atoms with Crippen LogP contribution in [0, 0.1) is 11.8 Å². The van der Waals surface area contributed by atoms with Crippen molar-refractivity contribution in [2.45, 2.75) is 29.9 Å². The lowest BCUT2D eigenvalue weighted by atomic mass is 9.78. The van der Waals surface area contributed by atoms with Crippen molar-refractivity contribution in [2.75, 3.05) is 12.4 Å². The summed E-state index contributed by atoms with van der Waals surface area (Å²) in [7, 11) is -2.23. The molecule has 2 aliphatic heterocycles. The zero-order valence-electron chi connectivity index (χ0n) is 12.9. The highest BCUT2D eigenvalue weighted by Gasteiger charge is 2.55. The largest absolute Gasteiger partial charge is 0.481 e. The maximum Gasteiger partial charge on any atom is 0.310 e. The molecule has 4 atom stereocenters. The molecule has 24 heavy (non-hydrogen) atoms. The molecule has 0 radical (unpaired) electrons. The average Bonchev–Trinajstić information content (AvgIpc) is 3.16. The number of anilines is 1. The first-order valence-corrected chi connectivity index (χ1v) is 9.04. The Hall–Kier alpha value is -1.97. The number of rotatable bonds is 5. The van der Waals surface area contributed by atoms with Crippen LogP contribution in [0.5, 0.6) is 0 Å². The number of hydrogen-bond donors (Lipinski definition) is 3. The van der Waals surface area contributed by atoms with Crippen LogP contribution in [0.4, 0.5) is 5.69 Å². The van der Waals surface area contributed by atoms with Gasteiger partial charge in [-0.2, -0.15) is 0 Å². The Balaban J connectivity index is 1.74. The van der Waals surface area contributed by atoms with Crippen LogP contribution in [0.3, 0.4) is 0 Å². The highest BCUT2D eigenvalue weighted by molar-refractivity contribution is 7.89. The standard InChI is InChI=1S/C15H18N2O6S/c1-16-24(21,22)9-4-2-8(3-5-9)17-14(18)12-10-6-7-11(23-10)13(12)15(19)20/h2-5,10-13,16H,6-7H2,1H3,(H,17,18)(H,19,20)/t10-,11-,12-,13+/m1/s1. The van der Waals surface area contributed by atoms with Crippen molar-refractivity contribution in [1.82, 2.24) is 4.72 Å². The first-order chi connectivity index (χ1) is 11.3. The van der Waals surface area contributed by atoms with Crippen molar-refractivity contribution in [3.63, 3.8) is 0 Å². The van der Waals surface area contributed by atoms with Gasteiger partial charge in [0.1, 0.15) is 0 Å². The van der Waals surface area contributed by atoms with Crippen LogP contribution in [0.2, 0.25) is 0 Å². The van der Waals surface area contributed by atoms with Crippen LogP contribution in [-0.2, 0) is 24.3 Å². The molecule has 0 spiro atoms. The van der Waals surface area contributed by atoms with Gasteiger partial charge in [-0.05, 0) is 44.2 Å². The van der Waals surface area contributed by atoms with Gasteiger partial charge < -0.3 is 15.2 Å². The smallest absolute Gasteiger partial charge is 0.310 e. The Kier molecular flexibility index (Phi) is 4.33. The Bertz CT molecular complexity index is 761. The summed E-state index contributed by atoms with van der Waals surface area (Å²) in [6.07, 6.45) is 0.542. The highest BCUT2D eigenvalue weighted by atomic mass is 32.2. The van der Waals surface area contributed by atoms with Gasteiger partial charge in [-0.1, -0.05) is 0 Å². The number of ether oxygens (including phenoxy) is 1. The zero-order valence-corrected chi connectivity index (χ0v) is 13.7. The van der Waals surface area contributed by atoms with Crippen LogP contribution in [0.25, 0.3) is 0 Å². The van der Waals surface area contributed by atoms with Crippen molar-refractivity contribution in [3.05, 3.63) is 24.3 Å². The first kappa shape index (κ1) is 16.9. The minimum atomic E-state index is -3.55. The van der Waals surface area contributed by atoms with E-state index < -0.39 is 39.8 Å². The van der Waals surface area contributed by atoms with E-state index in [1.54, 1.807) is 0 Å². The second kappa shape index (κ2) is 6.15. The summed E-state index contributed by atoms with van der Waals surface area (Å²) in [4.78, 5) is 24.0. The van der Waals surface area contributed by atoms with Gasteiger partial charge in [-0.15, -0.1) is 0 Å². The third-order valence-electron chi connectivity index (χ3n) is 4.56. The number of aliphatic carboxylic acids is 1. The van der Waals surface area contributed by atoms with Gasteiger partial charge in [0.2, 0.25) is 15.9 Å². The fraction of sp³-hybridized carbons (Fsp3) is 0.467. The van der Waals surface area contributed by atoms with E-state index in [1.807, 2.05) is 0 Å². The number of amides is 1. The lowest BCUT2D eigenvalue weighted by Crippen LogP contribution is -2.40. The quantitative estimate of drug-likeness (QED) is 0.704. The van der Waals surface area contributed by atoms with Crippen molar-refractivity contribution in [2.24, 2.45) is 11.8 Å². The molecule has 2 bridgehead atoms. The molecule has 3 rings (SSSR count). The number of fused-ring (bicyclic) bond motifs is 2. The normalized spacial score (nSPS) is 28.7. The Morgan fingerprint density at radius 1 is 1.12 bits per heavy atom. The summed E-state index contributed by atoms with van der Waals surface area (Å²) in [5, 5.41) is 12.0. The molecule has 130 valence electrons. The van der Waals surface area contributed by atoms with Gasteiger partial charge in [0.25, 0.3) is 0 Å². The average molecular weight is 354 g/mol. The van der Waals surface area contributed by atoms with E-state index in [2.05, 4.69) is 10.0 Å². The van der Waals surface area contributed by atoms with Crippen molar-refractivity contribution in [1.29, 1.82) is 0 Å². The number of sulfonamides is 1. The molecule has 0 saturated carbocycles. The molecule has 2 saturated heterocycles. The summed E-state index contributed by atoms with van der Waals surface area (Å²) in [6, 6.07) is 5.67. The minimum Gasteiger partial charge on any atom is -0.481 e. The lowest BCUT2D eigenvalue weighted by molar-refractivity contribution is -0.147. The first-order valence-electron chi connectivity index (χ1n) is 7.56. The number of benzene rings is 1. The molecule has 2 aliphatic rings. The molecular formula is C15H18N2O6S. The lowest BCUT2D eigenvalue weighted by Gasteiger charge is -2.23. The molecule has 2 fully saturated rings. The van der Waals surface area contributed by atoms with Gasteiger partial charge in [0.05, 0.1) is 28.9 Å². The fourth-order valence-corrected chi connectivity index (χ4v) is 4.12. The van der Waals surface area contributed by atoms with Crippen LogP contribution >= 0.6 is 0 Å². The zero-order chi connectivity index (χ0) is 17.5. The van der Waals surface area contributed by atoms with Crippen LogP contribution in [0.1, 0.15) is 12.8 Å². The van der Waals surface area contributed by atoms with Gasteiger partial charge in [0, 0.05) is 5.69 Å². The van der Waals surface area contributed by atoms with Gasteiger partial charge in [-0.3, -0.25) is 9.59 Å². The number of nitrogens with one attached hydrogen (secondary N) is 2. The summed E-state index contributed by atoms with van der Waals surface area (Å²) in [6.45, 7) is 0. The predicted octanol–water partition coefficient (Wildman–Crippen LogP) is 0.411. The van der Waals surface area contributed by atoms with Crippen molar-refractivity contribution in [3.8, 4) is 0 Å². The molecule has 2 heterocycles. The number of carboxylic acid groups (broad SMARTS) is 1. The molecule has 1 aromatic rings. The van der Waals surface area contributed by atoms with Gasteiger partial charge >= 0.3 is 5.97 Å². The van der Waals surface area contributed by atoms with Gasteiger partial charge in [-0.25, -0.2) is 13.1 Å². The molecule has 3 N–H and O–H groups in total. The summed E-state index contributed by atoms with van der Waals surface area (Å²) in [5.41, 5.74) is 0.405. The van der Waals surface area contributed by atoms with Crippen molar-refractivity contribution < 1.29 is 27.9 Å². The predicted molar refractivity (Wildman–Crippen MR) is 83.8 cm³/mol. The molecule has 0 aromatic heterocycles. The monoisotopic (exact) mass is 354 g/mol. The Labute approximate surface area is 139 Å². The van der Waals surface area contributed by atoms with E-state index >= 15 is 0 Å². The summed E-state index contributed by atoms with van der Waals surface area (Å²) >= 11 is 0. The van der Waals surface area contributed by atoms with E-state index in [4.69, 9.17) is 4.74 Å². The minimum absolute atomic E-state index is 0.0784. The summed E-state index contributed by atoms with van der Waals surface area (Å²) in [5.74, 6) is -3.02. The van der Waals surface area contributed by atoms with Gasteiger partial charge in [0.15, 0.2) is 0 Å². The third-order valence-corrected chi connectivity index (χ3v) is 5.99. The van der Waals surface area contributed by atoms with Crippen LogP contribution in [0.15, 0.2) is 29.2 Å². The highest BCUT2D eigenvalue weighted by Crippen LogP contribution is 2.44.